The zero-order valence-electron chi connectivity index (χ0n) is 15.2. The number of aliphatic hydroxyl groups is 1. The van der Waals surface area contributed by atoms with E-state index in [1.54, 1.807) is 27.7 Å². The third kappa shape index (κ3) is 4.96. The molecule has 1 aliphatic rings. The van der Waals surface area contributed by atoms with Crippen molar-refractivity contribution < 1.29 is 14.8 Å². The third-order valence-electron chi connectivity index (χ3n) is 5.07. The van der Waals surface area contributed by atoms with Crippen LogP contribution in [0.25, 0.3) is 0 Å². The summed E-state index contributed by atoms with van der Waals surface area (Å²) in [6.07, 6.45) is 3.82. The Bertz CT molecular complexity index is 554. The molecule has 4 nitrogen and oxygen atoms in total. The van der Waals surface area contributed by atoms with E-state index in [-0.39, 0.29) is 0 Å². The Balaban J connectivity index is 2.05. The Hall–Kier alpha value is -0.585. The first kappa shape index (κ1) is 19.7. The maximum atomic E-state index is 10.4. The molecule has 0 radical (unpaired) electrons. The van der Waals surface area contributed by atoms with Crippen LogP contribution in [0.2, 0.25) is 5.02 Å². The first-order valence-electron chi connectivity index (χ1n) is 8.69. The topological polar surface area (TPSA) is 52.9 Å². The van der Waals surface area contributed by atoms with Crippen LogP contribution in [0.1, 0.15) is 52.5 Å². The lowest BCUT2D eigenvalue weighted by atomic mass is 9.76. The van der Waals surface area contributed by atoms with Crippen molar-refractivity contribution in [2.24, 2.45) is 0 Å². The highest BCUT2D eigenvalue weighted by atomic mass is 35.5. The summed E-state index contributed by atoms with van der Waals surface area (Å²) in [5.74, 6) is 0. The van der Waals surface area contributed by atoms with E-state index in [9.17, 15) is 10.1 Å². The number of likely N-dealkylation sites (tertiary alicyclic amines) is 1. The van der Waals surface area contributed by atoms with Gasteiger partial charge in [-0.2, -0.15) is 0 Å². The predicted octanol–water partition coefficient (Wildman–Crippen LogP) is 2.58. The second kappa shape index (κ2) is 7.75. The molecule has 24 heavy (non-hydrogen) atoms. The summed E-state index contributed by atoms with van der Waals surface area (Å²) in [5, 5.41) is 21.0. The van der Waals surface area contributed by atoms with Gasteiger partial charge >= 0.3 is 7.12 Å². The van der Waals surface area contributed by atoms with Crippen LogP contribution in [0.3, 0.4) is 0 Å². The molecule has 0 atom stereocenters. The van der Waals surface area contributed by atoms with E-state index >= 15 is 0 Å². The van der Waals surface area contributed by atoms with Gasteiger partial charge in [-0.15, -0.1) is 0 Å². The van der Waals surface area contributed by atoms with Gasteiger partial charge in [-0.1, -0.05) is 30.2 Å². The highest BCUT2D eigenvalue weighted by molar-refractivity contribution is 6.64. The van der Waals surface area contributed by atoms with Crippen molar-refractivity contribution in [3.8, 4) is 0 Å². The number of piperidine rings is 1. The number of benzene rings is 1. The molecule has 1 fully saturated rings. The standard InChI is InChI=1S/C18H29BClNO3/c1-17(2,22)18(3,4)24-19(23)15-9-8-14(12-16(15)20)13-21-10-6-5-7-11-21/h8-9,12,22-23H,5-7,10-11,13H2,1-4H3. The van der Waals surface area contributed by atoms with Crippen molar-refractivity contribution in [3.63, 3.8) is 0 Å². The highest BCUT2D eigenvalue weighted by Crippen LogP contribution is 2.26. The number of nitrogens with zero attached hydrogens (tertiary/aromatic N) is 1. The second-order valence-electron chi connectivity index (χ2n) is 7.73. The minimum Gasteiger partial charge on any atom is -0.423 e. The maximum Gasteiger partial charge on any atom is 0.493 e. The van der Waals surface area contributed by atoms with E-state index in [4.69, 9.17) is 16.3 Å². The van der Waals surface area contributed by atoms with E-state index < -0.39 is 18.3 Å². The Kier molecular flexibility index (Phi) is 6.37. The van der Waals surface area contributed by atoms with Crippen LogP contribution in [-0.2, 0) is 11.2 Å². The molecule has 0 bridgehead atoms. The third-order valence-corrected chi connectivity index (χ3v) is 5.39. The zero-order chi connectivity index (χ0) is 18.0. The van der Waals surface area contributed by atoms with Crippen LogP contribution in [0.4, 0.5) is 0 Å². The van der Waals surface area contributed by atoms with Crippen LogP contribution >= 0.6 is 11.6 Å². The van der Waals surface area contributed by atoms with Crippen molar-refractivity contribution in [1.29, 1.82) is 0 Å². The lowest BCUT2D eigenvalue weighted by molar-refractivity contribution is -0.0982. The summed E-state index contributed by atoms with van der Waals surface area (Å²) in [7, 11) is -1.18. The molecule has 1 aliphatic heterocycles. The lowest BCUT2D eigenvalue weighted by Gasteiger charge is -2.38. The molecule has 1 aromatic rings. The summed E-state index contributed by atoms with van der Waals surface area (Å²) < 4.78 is 5.67. The molecule has 0 aromatic heterocycles. The van der Waals surface area contributed by atoms with Crippen molar-refractivity contribution in [1.82, 2.24) is 4.90 Å². The lowest BCUT2D eigenvalue weighted by Crippen LogP contribution is -2.53. The highest BCUT2D eigenvalue weighted by Gasteiger charge is 2.40. The van der Waals surface area contributed by atoms with Gasteiger partial charge in [0.15, 0.2) is 0 Å². The normalized spacial score (nSPS) is 17.1. The van der Waals surface area contributed by atoms with Gasteiger partial charge in [0.25, 0.3) is 0 Å². The molecule has 1 heterocycles. The average Bonchev–Trinajstić information content (AvgIpc) is 2.46. The Labute approximate surface area is 150 Å². The van der Waals surface area contributed by atoms with Gasteiger partial charge in [0, 0.05) is 17.0 Å². The smallest absolute Gasteiger partial charge is 0.423 e. The van der Waals surface area contributed by atoms with E-state index in [1.165, 1.54) is 19.3 Å². The van der Waals surface area contributed by atoms with E-state index in [2.05, 4.69) is 4.90 Å². The van der Waals surface area contributed by atoms with Crippen LogP contribution in [0.5, 0.6) is 0 Å². The molecule has 1 aromatic carbocycles. The van der Waals surface area contributed by atoms with Crippen LogP contribution in [-0.4, -0.2) is 46.4 Å². The summed E-state index contributed by atoms with van der Waals surface area (Å²) in [6.45, 7) is 9.94. The molecule has 0 amide bonds. The molecule has 0 unspecified atom stereocenters. The fraction of sp³-hybridized carbons (Fsp3) is 0.667. The molecule has 1 saturated heterocycles. The Morgan fingerprint density at radius 3 is 2.33 bits per heavy atom. The second-order valence-corrected chi connectivity index (χ2v) is 8.14. The van der Waals surface area contributed by atoms with Crippen LogP contribution < -0.4 is 5.46 Å². The molecule has 0 spiro atoms. The Morgan fingerprint density at radius 2 is 1.79 bits per heavy atom. The van der Waals surface area contributed by atoms with E-state index in [1.807, 2.05) is 18.2 Å². The summed E-state index contributed by atoms with van der Waals surface area (Å²) in [6, 6.07) is 5.70. The van der Waals surface area contributed by atoms with E-state index in [0.717, 1.165) is 25.2 Å². The molecule has 6 heteroatoms. The van der Waals surface area contributed by atoms with E-state index in [0.29, 0.717) is 10.5 Å². The van der Waals surface area contributed by atoms with Gasteiger partial charge in [0.2, 0.25) is 0 Å². The van der Waals surface area contributed by atoms with Crippen LogP contribution in [0.15, 0.2) is 18.2 Å². The van der Waals surface area contributed by atoms with Crippen LogP contribution in [0, 0.1) is 0 Å². The Morgan fingerprint density at radius 1 is 1.17 bits per heavy atom. The van der Waals surface area contributed by atoms with Gasteiger partial charge < -0.3 is 14.8 Å². The minimum absolute atomic E-state index is 0.489. The van der Waals surface area contributed by atoms with Crippen molar-refractivity contribution in [2.75, 3.05) is 13.1 Å². The number of halogens is 1. The van der Waals surface area contributed by atoms with Crippen molar-refractivity contribution in [2.45, 2.75) is 64.7 Å². The molecule has 0 saturated carbocycles. The summed E-state index contributed by atoms with van der Waals surface area (Å²) >= 11 is 6.36. The van der Waals surface area contributed by atoms with Crippen molar-refractivity contribution >= 4 is 24.2 Å². The van der Waals surface area contributed by atoms with Gasteiger partial charge in [-0.25, -0.2) is 0 Å². The monoisotopic (exact) mass is 353 g/mol. The first-order valence-corrected chi connectivity index (χ1v) is 9.07. The molecule has 2 N–H and O–H groups in total. The number of hydrogen-bond donors (Lipinski definition) is 2. The largest absolute Gasteiger partial charge is 0.493 e. The van der Waals surface area contributed by atoms with Gasteiger partial charge in [-0.05, 0) is 65.3 Å². The van der Waals surface area contributed by atoms with Gasteiger partial charge in [-0.3, -0.25) is 4.90 Å². The fourth-order valence-corrected chi connectivity index (χ4v) is 3.03. The molecular formula is C18H29BClNO3. The average molecular weight is 354 g/mol. The van der Waals surface area contributed by atoms with Crippen molar-refractivity contribution in [3.05, 3.63) is 28.8 Å². The first-order chi connectivity index (χ1) is 11.1. The SMILES string of the molecule is CC(C)(O)C(C)(C)OB(O)c1ccc(CN2CCCCC2)cc1Cl. The fourth-order valence-electron chi connectivity index (χ4n) is 2.73. The molecule has 2 rings (SSSR count). The molecule has 0 aliphatic carbocycles. The summed E-state index contributed by atoms with van der Waals surface area (Å²) in [5.41, 5.74) is -0.340. The quantitative estimate of drug-likeness (QED) is 0.772. The minimum atomic E-state index is -1.18. The molecular weight excluding hydrogens is 324 g/mol. The molecule has 134 valence electrons. The summed E-state index contributed by atoms with van der Waals surface area (Å²) in [4.78, 5) is 2.43. The number of hydrogen-bond acceptors (Lipinski definition) is 4. The zero-order valence-corrected chi connectivity index (χ0v) is 15.9. The van der Waals surface area contributed by atoms with Gasteiger partial charge in [0.05, 0.1) is 11.2 Å². The predicted molar refractivity (Wildman–Crippen MR) is 99.6 cm³/mol. The number of rotatable bonds is 6. The van der Waals surface area contributed by atoms with Gasteiger partial charge in [0.1, 0.15) is 0 Å². The maximum absolute atomic E-state index is 10.4.